The second-order valence-corrected chi connectivity index (χ2v) is 7.80. The highest BCUT2D eigenvalue weighted by Gasteiger charge is 2.42. The lowest BCUT2D eigenvalue weighted by molar-refractivity contribution is -0.940. The zero-order valence-electron chi connectivity index (χ0n) is 14.4. The van der Waals surface area contributed by atoms with Crippen LogP contribution in [0.5, 0.6) is 0 Å². The van der Waals surface area contributed by atoms with Crippen molar-refractivity contribution in [2.75, 3.05) is 32.8 Å². The summed E-state index contributed by atoms with van der Waals surface area (Å²) in [7, 11) is 0. The van der Waals surface area contributed by atoms with E-state index in [-0.39, 0.29) is 11.9 Å². The van der Waals surface area contributed by atoms with Crippen molar-refractivity contribution < 1.29 is 14.4 Å². The topological polar surface area (TPSA) is 34.0 Å². The van der Waals surface area contributed by atoms with E-state index in [2.05, 4.69) is 29.6 Å². The lowest BCUT2D eigenvalue weighted by Gasteiger charge is -2.34. The molecule has 1 aromatic heterocycles. The molecular weight excluding hydrogens is 332 g/mol. The number of nitrogens with one attached hydrogen (secondary N) is 1. The Kier molecular flexibility index (Phi) is 5.15. The Morgan fingerprint density at radius 3 is 2.68 bits per heavy atom. The second-order valence-electron chi connectivity index (χ2n) is 6.82. The number of nitrogens with zero attached hydrogens (tertiary/aromatic N) is 1. The molecule has 0 saturated carbocycles. The molecule has 2 aromatic rings. The molecule has 4 rings (SSSR count). The molecule has 2 saturated heterocycles. The van der Waals surface area contributed by atoms with Crippen LogP contribution in [0.2, 0.25) is 0 Å². The van der Waals surface area contributed by atoms with Gasteiger partial charge in [0.25, 0.3) is 5.91 Å². The summed E-state index contributed by atoms with van der Waals surface area (Å²) in [6, 6.07) is 15.0. The molecule has 3 atom stereocenters. The number of thiophene rings is 1. The van der Waals surface area contributed by atoms with Crippen LogP contribution in [0.1, 0.15) is 35.4 Å². The van der Waals surface area contributed by atoms with Gasteiger partial charge in [-0.25, -0.2) is 0 Å². The molecule has 2 aliphatic rings. The van der Waals surface area contributed by atoms with Gasteiger partial charge >= 0.3 is 0 Å². The number of carbonyl (C=O) groups excluding carboxylic acids is 1. The Bertz CT molecular complexity index is 683. The van der Waals surface area contributed by atoms with Crippen LogP contribution in [0, 0.1) is 0 Å². The van der Waals surface area contributed by atoms with Crippen LogP contribution < -0.4 is 4.90 Å². The van der Waals surface area contributed by atoms with Crippen LogP contribution in [0.25, 0.3) is 0 Å². The molecular formula is C20H25N2O2S+. The molecule has 0 aliphatic carbocycles. The SMILES string of the molecule is O=C([C@H](c1ccccc1)[NH+]1CCC[C@@H]1c1cccs1)N1CCOCC1. The summed E-state index contributed by atoms with van der Waals surface area (Å²) in [5, 5.41) is 2.15. The van der Waals surface area contributed by atoms with Crippen molar-refractivity contribution in [3.8, 4) is 0 Å². The lowest BCUT2D eigenvalue weighted by Crippen LogP contribution is -3.11. The van der Waals surface area contributed by atoms with Crippen LogP contribution >= 0.6 is 11.3 Å². The lowest BCUT2D eigenvalue weighted by atomic mass is 10.0. The van der Waals surface area contributed by atoms with Crippen LogP contribution in [-0.2, 0) is 9.53 Å². The minimum absolute atomic E-state index is 0.117. The maximum Gasteiger partial charge on any atom is 0.285 e. The van der Waals surface area contributed by atoms with Gasteiger partial charge in [0.1, 0.15) is 6.04 Å². The largest absolute Gasteiger partial charge is 0.378 e. The number of amides is 1. The van der Waals surface area contributed by atoms with Crippen molar-refractivity contribution in [2.45, 2.75) is 24.9 Å². The van der Waals surface area contributed by atoms with Gasteiger partial charge in [0, 0.05) is 31.5 Å². The molecule has 0 spiro atoms. The van der Waals surface area contributed by atoms with E-state index < -0.39 is 0 Å². The number of benzene rings is 1. The van der Waals surface area contributed by atoms with Gasteiger partial charge in [0.2, 0.25) is 0 Å². The molecule has 0 radical (unpaired) electrons. The highest BCUT2D eigenvalue weighted by Crippen LogP contribution is 2.27. The minimum Gasteiger partial charge on any atom is -0.378 e. The highest BCUT2D eigenvalue weighted by atomic mass is 32.1. The van der Waals surface area contributed by atoms with Gasteiger partial charge in [-0.15, -0.1) is 11.3 Å². The van der Waals surface area contributed by atoms with Crippen LogP contribution in [0.15, 0.2) is 47.8 Å². The van der Waals surface area contributed by atoms with Crippen molar-refractivity contribution in [1.29, 1.82) is 0 Å². The van der Waals surface area contributed by atoms with Crippen LogP contribution in [0.4, 0.5) is 0 Å². The number of ether oxygens (including phenoxy) is 1. The van der Waals surface area contributed by atoms with Gasteiger partial charge in [0.05, 0.1) is 24.6 Å². The average Bonchev–Trinajstić information content (AvgIpc) is 3.35. The Balaban J connectivity index is 1.66. The Morgan fingerprint density at radius 2 is 1.96 bits per heavy atom. The summed E-state index contributed by atoms with van der Waals surface area (Å²) in [5.41, 5.74) is 1.14. The van der Waals surface area contributed by atoms with E-state index in [4.69, 9.17) is 4.74 Å². The molecule has 132 valence electrons. The second kappa shape index (κ2) is 7.68. The van der Waals surface area contributed by atoms with Crippen molar-refractivity contribution in [3.05, 3.63) is 58.3 Å². The third kappa shape index (κ3) is 3.50. The first-order valence-corrected chi connectivity index (χ1v) is 10.0. The normalized spacial score (nSPS) is 25.0. The van der Waals surface area contributed by atoms with Crippen molar-refractivity contribution >= 4 is 17.2 Å². The molecule has 0 bridgehead atoms. The molecule has 2 fully saturated rings. The van der Waals surface area contributed by atoms with E-state index in [1.54, 1.807) is 0 Å². The molecule has 1 N–H and O–H groups in total. The van der Waals surface area contributed by atoms with Crippen molar-refractivity contribution in [1.82, 2.24) is 4.90 Å². The van der Waals surface area contributed by atoms with E-state index in [1.165, 1.54) is 16.2 Å². The van der Waals surface area contributed by atoms with Crippen LogP contribution in [0.3, 0.4) is 0 Å². The van der Waals surface area contributed by atoms with E-state index in [0.717, 1.165) is 18.5 Å². The summed E-state index contributed by atoms with van der Waals surface area (Å²) >= 11 is 1.82. The molecule has 4 nitrogen and oxygen atoms in total. The number of hydrogen-bond donors (Lipinski definition) is 1. The summed E-state index contributed by atoms with van der Waals surface area (Å²) in [4.78, 5) is 18.3. The quantitative estimate of drug-likeness (QED) is 0.909. The monoisotopic (exact) mass is 357 g/mol. The summed E-state index contributed by atoms with van der Waals surface area (Å²) in [5.74, 6) is 0.257. The number of hydrogen-bond acceptors (Lipinski definition) is 3. The van der Waals surface area contributed by atoms with E-state index in [9.17, 15) is 4.79 Å². The zero-order valence-corrected chi connectivity index (χ0v) is 15.2. The Hall–Kier alpha value is -1.69. The predicted molar refractivity (Wildman–Crippen MR) is 98.7 cm³/mol. The first kappa shape index (κ1) is 16.8. The van der Waals surface area contributed by atoms with Gasteiger partial charge in [-0.3, -0.25) is 4.79 Å². The molecule has 1 aromatic carbocycles. The highest BCUT2D eigenvalue weighted by molar-refractivity contribution is 7.10. The third-order valence-electron chi connectivity index (χ3n) is 5.37. The third-order valence-corrected chi connectivity index (χ3v) is 6.35. The first-order valence-electron chi connectivity index (χ1n) is 9.15. The number of rotatable bonds is 4. The predicted octanol–water partition coefficient (Wildman–Crippen LogP) is 2.07. The molecule has 3 heterocycles. The fourth-order valence-corrected chi connectivity index (χ4v) is 5.06. The summed E-state index contributed by atoms with van der Waals surface area (Å²) in [6.07, 6.45) is 2.34. The molecule has 1 amide bonds. The van der Waals surface area contributed by atoms with Crippen molar-refractivity contribution in [2.24, 2.45) is 0 Å². The van der Waals surface area contributed by atoms with Gasteiger partial charge < -0.3 is 14.5 Å². The summed E-state index contributed by atoms with van der Waals surface area (Å²) in [6.45, 7) is 3.77. The number of quaternary nitrogens is 1. The fraction of sp³-hybridized carbons (Fsp3) is 0.450. The van der Waals surface area contributed by atoms with Crippen molar-refractivity contribution in [3.63, 3.8) is 0 Å². The summed E-state index contributed by atoms with van der Waals surface area (Å²) < 4.78 is 5.44. The minimum atomic E-state index is -0.117. The Morgan fingerprint density at radius 1 is 1.16 bits per heavy atom. The molecule has 1 unspecified atom stereocenters. The van der Waals surface area contributed by atoms with E-state index in [0.29, 0.717) is 32.3 Å². The number of morpholine rings is 1. The van der Waals surface area contributed by atoms with Gasteiger partial charge in [-0.2, -0.15) is 0 Å². The van der Waals surface area contributed by atoms with Crippen LogP contribution in [-0.4, -0.2) is 43.7 Å². The smallest absolute Gasteiger partial charge is 0.285 e. The maximum atomic E-state index is 13.5. The number of likely N-dealkylation sites (tertiary alicyclic amines) is 1. The van der Waals surface area contributed by atoms with Gasteiger partial charge in [-0.05, 0) is 11.4 Å². The maximum absolute atomic E-state index is 13.5. The van der Waals surface area contributed by atoms with E-state index >= 15 is 0 Å². The van der Waals surface area contributed by atoms with Gasteiger partial charge in [-0.1, -0.05) is 36.4 Å². The zero-order chi connectivity index (χ0) is 17.1. The van der Waals surface area contributed by atoms with Gasteiger partial charge in [0.15, 0.2) is 6.04 Å². The average molecular weight is 357 g/mol. The number of carbonyl (C=O) groups is 1. The van der Waals surface area contributed by atoms with E-state index in [1.807, 2.05) is 34.4 Å². The standard InChI is InChI=1S/C20H24N2O2S/c23-20(21-11-13-24-14-12-21)19(16-6-2-1-3-7-16)22-10-4-8-17(22)18-9-5-15-25-18/h1-3,5-7,9,15,17,19H,4,8,10-14H2/p+1/t17-,19+/m1/s1. The first-order chi connectivity index (χ1) is 12.3. The molecule has 5 heteroatoms. The Labute approximate surface area is 153 Å². The fourth-order valence-electron chi connectivity index (χ4n) is 4.16. The molecule has 25 heavy (non-hydrogen) atoms. The molecule has 2 aliphatic heterocycles.